The number of rotatable bonds is 13. The molecule has 47 heavy (non-hydrogen) atoms. The van der Waals surface area contributed by atoms with Gasteiger partial charge in [0, 0.05) is 41.7 Å². The van der Waals surface area contributed by atoms with E-state index in [2.05, 4.69) is 18.8 Å². The molecule has 17 nitrogen and oxygen atoms in total. The van der Waals surface area contributed by atoms with Gasteiger partial charge in [-0.1, -0.05) is 0 Å². The number of methoxy groups -OCH3 is 4. The number of nitrogens with one attached hydrogen (secondary N) is 2. The predicted molar refractivity (Wildman–Crippen MR) is 169 cm³/mol. The van der Waals surface area contributed by atoms with Gasteiger partial charge in [-0.3, -0.25) is 14.2 Å². The lowest BCUT2D eigenvalue weighted by molar-refractivity contribution is 0.0595. The normalized spacial score (nSPS) is 16.9. The second-order valence-corrected chi connectivity index (χ2v) is 13.3. The number of anilines is 1. The van der Waals surface area contributed by atoms with E-state index in [-0.39, 0.29) is 41.6 Å². The molecule has 0 saturated carbocycles. The monoisotopic (exact) mass is 716 g/mol. The summed E-state index contributed by atoms with van der Waals surface area (Å²) in [6, 6.07) is 5.93. The summed E-state index contributed by atoms with van der Waals surface area (Å²) in [4.78, 5) is 54.2. The molecule has 0 spiro atoms. The average Bonchev–Trinajstić information content (AvgIpc) is 3.76. The number of nitrogens with zero attached hydrogens (tertiary/aromatic N) is 1. The van der Waals surface area contributed by atoms with Crippen molar-refractivity contribution in [2.75, 3.05) is 58.9 Å². The van der Waals surface area contributed by atoms with Gasteiger partial charge < -0.3 is 49.0 Å². The molecule has 0 radical (unpaired) electrons. The number of halogens is 1. The van der Waals surface area contributed by atoms with Crippen LogP contribution in [0.4, 0.5) is 5.69 Å². The maximum absolute atomic E-state index is 14.1. The van der Waals surface area contributed by atoms with Gasteiger partial charge >= 0.3 is 21.6 Å². The molecule has 1 aliphatic rings. The maximum Gasteiger partial charge on any atom is 0.536 e. The molecule has 3 unspecified atom stereocenters. The van der Waals surface area contributed by atoms with Gasteiger partial charge in [0.05, 0.1) is 51.8 Å². The molecular formula is C27H31ClN4O13P2. The Balaban J connectivity index is 1.64. The largest absolute Gasteiger partial charge is 0.536 e. The van der Waals surface area contributed by atoms with Gasteiger partial charge in [0.2, 0.25) is 5.75 Å². The van der Waals surface area contributed by atoms with E-state index >= 15 is 0 Å². The van der Waals surface area contributed by atoms with E-state index in [0.717, 1.165) is 7.11 Å². The van der Waals surface area contributed by atoms with Crippen molar-refractivity contribution in [3.63, 3.8) is 0 Å². The molecule has 6 N–H and O–H groups in total. The highest BCUT2D eigenvalue weighted by atomic mass is 35.5. The van der Waals surface area contributed by atoms with E-state index in [1.54, 1.807) is 12.1 Å². The Hall–Kier alpha value is -3.79. The number of ether oxygens (including phenoxy) is 4. The van der Waals surface area contributed by atoms with Crippen LogP contribution in [0.15, 0.2) is 24.3 Å². The van der Waals surface area contributed by atoms with Crippen molar-refractivity contribution >= 4 is 66.6 Å². The summed E-state index contributed by atoms with van der Waals surface area (Å²) < 4.78 is 60.6. The van der Waals surface area contributed by atoms with E-state index < -0.39 is 45.8 Å². The average molecular weight is 717 g/mol. The van der Waals surface area contributed by atoms with Crippen molar-refractivity contribution in [3.8, 4) is 23.0 Å². The fourth-order valence-corrected chi connectivity index (χ4v) is 7.76. The van der Waals surface area contributed by atoms with Gasteiger partial charge in [-0.25, -0.2) is 13.9 Å². The van der Waals surface area contributed by atoms with Crippen molar-refractivity contribution in [2.45, 2.75) is 5.92 Å². The smallest absolute Gasteiger partial charge is 0.493 e. The summed E-state index contributed by atoms with van der Waals surface area (Å²) in [5, 5.41) is 0.880. The number of phosphoric acid groups is 2. The zero-order valence-corrected chi connectivity index (χ0v) is 27.9. The van der Waals surface area contributed by atoms with Crippen molar-refractivity contribution < 1.29 is 60.8 Å². The number of hydrogen-bond acceptors (Lipinski definition) is 12. The molecule has 3 heterocycles. The molecule has 3 atom stereocenters. The number of phosphoric ester groups is 2. The lowest BCUT2D eigenvalue weighted by Gasteiger charge is -2.20. The second-order valence-electron chi connectivity index (χ2n) is 10.1. The molecule has 0 aliphatic carbocycles. The van der Waals surface area contributed by atoms with Crippen LogP contribution in [0.3, 0.4) is 0 Å². The third-order valence-electron chi connectivity index (χ3n) is 7.28. The molecule has 0 bridgehead atoms. The van der Waals surface area contributed by atoms with E-state index in [1.807, 2.05) is 0 Å². The minimum absolute atomic E-state index is 0.0247. The second kappa shape index (κ2) is 13.4. The Kier molecular flexibility index (Phi) is 9.83. The number of aromatic amines is 2. The van der Waals surface area contributed by atoms with Crippen LogP contribution in [0.5, 0.6) is 23.0 Å². The molecule has 0 fully saturated rings. The van der Waals surface area contributed by atoms with Crippen LogP contribution < -0.4 is 29.4 Å². The molecule has 2 aromatic heterocycles. The number of nitrogens with two attached hydrogens (primary N) is 1. The minimum Gasteiger partial charge on any atom is -0.493 e. The molecule has 1 aliphatic heterocycles. The summed E-state index contributed by atoms with van der Waals surface area (Å²) in [5.74, 6) is -1.13. The highest BCUT2D eigenvalue weighted by Gasteiger charge is 2.40. The van der Waals surface area contributed by atoms with Gasteiger partial charge in [-0.05, 0) is 23.8 Å². The first-order valence-electron chi connectivity index (χ1n) is 13.7. The van der Waals surface area contributed by atoms with Gasteiger partial charge in [-0.2, -0.15) is 4.31 Å². The number of esters is 1. The van der Waals surface area contributed by atoms with E-state index in [4.69, 9.17) is 40.8 Å². The lowest BCUT2D eigenvalue weighted by atomic mass is 9.98. The SMILES string of the molecule is COC(=O)c1cc2c3c(cc(OP(=O)(O)OP(=O)(O)OCCN)c2[nH]1)N(C(=O)c1cc2cc(OC)c(OC)c(OC)c2[nH]1)CC3CCl. The maximum atomic E-state index is 14.1. The number of alkyl halides is 1. The first-order valence-corrected chi connectivity index (χ1v) is 17.2. The summed E-state index contributed by atoms with van der Waals surface area (Å²) in [6.45, 7) is -0.559. The number of aromatic nitrogens is 2. The van der Waals surface area contributed by atoms with E-state index in [9.17, 15) is 28.5 Å². The van der Waals surface area contributed by atoms with Crippen molar-refractivity contribution in [3.05, 3.63) is 41.2 Å². The molecule has 1 amide bonds. The quantitative estimate of drug-likeness (QED) is 0.0747. The van der Waals surface area contributed by atoms with Crippen molar-refractivity contribution in [1.29, 1.82) is 0 Å². The Morgan fingerprint density at radius 2 is 1.66 bits per heavy atom. The Labute approximate surface area is 271 Å². The van der Waals surface area contributed by atoms with Crippen LogP contribution in [-0.4, -0.2) is 85.6 Å². The molecule has 4 aromatic rings. The standard InChI is InChI=1S/C27H31ClN4O13P2/c1-39-20-8-13-7-16(30-22(13)25(41-3)24(20)40-2)26(33)32-12-14(11-28)21-15-9-17(27(34)42-4)31-23(15)19(10-18(21)32)44-47(37,38)45-46(35,36)43-6-5-29/h7-10,14,30-31H,5-6,11-12,29H2,1-4H3,(H,35,36)(H,37,38). The third-order valence-corrected chi connectivity index (χ3v) is 10.2. The fourth-order valence-electron chi connectivity index (χ4n) is 5.41. The summed E-state index contributed by atoms with van der Waals surface area (Å²) in [6.07, 6.45) is 0. The molecule has 5 rings (SSSR count). The zero-order valence-electron chi connectivity index (χ0n) is 25.4. The number of carbonyl (C=O) groups excluding carboxylic acids is 2. The Morgan fingerprint density at radius 1 is 0.957 bits per heavy atom. The number of benzene rings is 2. The molecular weight excluding hydrogens is 686 g/mol. The first kappa shape index (κ1) is 34.5. The van der Waals surface area contributed by atoms with Crippen LogP contribution in [-0.2, 0) is 22.7 Å². The van der Waals surface area contributed by atoms with Gasteiger partial charge in [0.15, 0.2) is 17.2 Å². The molecule has 20 heteroatoms. The lowest BCUT2D eigenvalue weighted by Crippen LogP contribution is -2.30. The third kappa shape index (κ3) is 6.53. The minimum atomic E-state index is -5.38. The van der Waals surface area contributed by atoms with Crippen LogP contribution >= 0.6 is 27.2 Å². The van der Waals surface area contributed by atoms with Crippen LogP contribution in [0, 0.1) is 0 Å². The number of fused-ring (bicyclic) bond motifs is 4. The van der Waals surface area contributed by atoms with Crippen LogP contribution in [0.2, 0.25) is 0 Å². The molecule has 2 aromatic carbocycles. The number of H-pyrrole nitrogens is 2. The molecule has 254 valence electrons. The summed E-state index contributed by atoms with van der Waals surface area (Å²) >= 11 is 6.37. The topological polar surface area (TPSA) is 234 Å². The van der Waals surface area contributed by atoms with Crippen molar-refractivity contribution in [1.82, 2.24) is 9.97 Å². The number of carbonyl (C=O) groups is 2. The highest BCUT2D eigenvalue weighted by Crippen LogP contribution is 2.61. The van der Waals surface area contributed by atoms with E-state index in [0.29, 0.717) is 39.1 Å². The highest BCUT2D eigenvalue weighted by molar-refractivity contribution is 7.61. The summed E-state index contributed by atoms with van der Waals surface area (Å²) in [5.41, 5.74) is 6.55. The van der Waals surface area contributed by atoms with Crippen LogP contribution in [0.25, 0.3) is 21.8 Å². The van der Waals surface area contributed by atoms with Gasteiger partial charge in [0.25, 0.3) is 5.91 Å². The van der Waals surface area contributed by atoms with Gasteiger partial charge in [0.1, 0.15) is 11.4 Å². The number of amides is 1. The Bertz CT molecular complexity index is 1960. The Morgan fingerprint density at radius 3 is 2.28 bits per heavy atom. The zero-order chi connectivity index (χ0) is 34.3. The van der Waals surface area contributed by atoms with Gasteiger partial charge in [-0.15, -0.1) is 11.6 Å². The predicted octanol–water partition coefficient (Wildman–Crippen LogP) is 4.02. The summed E-state index contributed by atoms with van der Waals surface area (Å²) in [7, 11) is -4.96. The fraction of sp³-hybridized carbons (Fsp3) is 0.333. The van der Waals surface area contributed by atoms with Crippen molar-refractivity contribution in [2.24, 2.45) is 5.73 Å². The number of hydrogen-bond donors (Lipinski definition) is 5. The van der Waals surface area contributed by atoms with E-state index in [1.165, 1.54) is 38.4 Å². The first-order chi connectivity index (χ1) is 22.3. The van der Waals surface area contributed by atoms with Crippen LogP contribution in [0.1, 0.15) is 32.5 Å². The molecule has 0 saturated heterocycles.